The second-order valence-corrected chi connectivity index (χ2v) is 9.72. The van der Waals surface area contributed by atoms with E-state index in [2.05, 4.69) is 0 Å². The average Bonchev–Trinajstić information content (AvgIpc) is 2.93. The van der Waals surface area contributed by atoms with E-state index < -0.39 is 40.4 Å². The van der Waals surface area contributed by atoms with Crippen LogP contribution in [0.25, 0.3) is 0 Å². The van der Waals surface area contributed by atoms with E-state index in [0.29, 0.717) is 6.42 Å². The molecule has 0 aliphatic carbocycles. The summed E-state index contributed by atoms with van der Waals surface area (Å²) in [6.45, 7) is 3.40. The highest BCUT2D eigenvalue weighted by atomic mass is 16.6. The second kappa shape index (κ2) is 11.5. The summed E-state index contributed by atoms with van der Waals surface area (Å²) in [4.78, 5) is 38.5. The number of aliphatic hydroxyl groups is 1. The zero-order chi connectivity index (χ0) is 28.2. The summed E-state index contributed by atoms with van der Waals surface area (Å²) in [6.07, 6.45) is -1.52. The number of esters is 1. The summed E-state index contributed by atoms with van der Waals surface area (Å²) >= 11 is 0. The van der Waals surface area contributed by atoms with Crippen molar-refractivity contribution in [3.05, 3.63) is 105 Å². The number of methoxy groups -OCH3 is 1. The Morgan fingerprint density at radius 1 is 1.05 bits per heavy atom. The molecule has 3 aromatic rings. The summed E-state index contributed by atoms with van der Waals surface area (Å²) in [5.74, 6) is -0.847. The topological polar surface area (TPSA) is 128 Å². The SMILES string of the molecule is COC(=O)c1cc2c(cc1[N+](=O)[O-])OC(C)(C)[C@H](O)[C@H]2N(CCc1ccccc1)C(=O)OCc1ccccc1. The fraction of sp³-hybridized carbons (Fsp3) is 0.310. The molecule has 1 amide bonds. The molecule has 1 aliphatic heterocycles. The quantitative estimate of drug-likeness (QED) is 0.247. The van der Waals surface area contributed by atoms with E-state index >= 15 is 0 Å². The number of amides is 1. The summed E-state index contributed by atoms with van der Waals surface area (Å²) in [5.41, 5.74) is -0.0821. The normalized spacial score (nSPS) is 17.3. The van der Waals surface area contributed by atoms with Gasteiger partial charge in [-0.25, -0.2) is 9.59 Å². The van der Waals surface area contributed by atoms with Gasteiger partial charge in [-0.1, -0.05) is 60.7 Å². The number of carbonyl (C=O) groups is 2. The van der Waals surface area contributed by atoms with Crippen molar-refractivity contribution in [1.82, 2.24) is 4.90 Å². The number of carbonyl (C=O) groups excluding carboxylic acids is 2. The molecule has 1 N–H and O–H groups in total. The maximum Gasteiger partial charge on any atom is 0.410 e. The van der Waals surface area contributed by atoms with Gasteiger partial charge in [0.05, 0.1) is 24.1 Å². The van der Waals surface area contributed by atoms with Gasteiger partial charge in [0, 0.05) is 12.1 Å². The minimum atomic E-state index is -1.27. The van der Waals surface area contributed by atoms with Gasteiger partial charge in [0.25, 0.3) is 5.69 Å². The van der Waals surface area contributed by atoms with E-state index in [9.17, 15) is 24.8 Å². The highest BCUT2D eigenvalue weighted by Gasteiger charge is 2.48. The third-order valence-corrected chi connectivity index (χ3v) is 6.69. The van der Waals surface area contributed by atoms with Crippen molar-refractivity contribution in [3.8, 4) is 5.75 Å². The highest BCUT2D eigenvalue weighted by molar-refractivity contribution is 5.94. The monoisotopic (exact) mass is 534 g/mol. The number of hydrogen-bond acceptors (Lipinski definition) is 8. The van der Waals surface area contributed by atoms with Gasteiger partial charge in [-0.05, 0) is 37.5 Å². The molecular weight excluding hydrogens is 504 g/mol. The van der Waals surface area contributed by atoms with Crippen LogP contribution in [-0.2, 0) is 22.5 Å². The Labute approximate surface area is 225 Å². The fourth-order valence-electron chi connectivity index (χ4n) is 4.60. The van der Waals surface area contributed by atoms with Crippen molar-refractivity contribution in [2.24, 2.45) is 0 Å². The summed E-state index contributed by atoms with van der Waals surface area (Å²) in [7, 11) is 1.12. The zero-order valence-electron chi connectivity index (χ0n) is 21.9. The van der Waals surface area contributed by atoms with Crippen LogP contribution in [0.4, 0.5) is 10.5 Å². The molecular formula is C29H30N2O8. The molecule has 0 aromatic heterocycles. The molecule has 2 atom stereocenters. The van der Waals surface area contributed by atoms with Crippen LogP contribution in [0.15, 0.2) is 72.8 Å². The lowest BCUT2D eigenvalue weighted by atomic mass is 9.84. The Kier molecular flexibility index (Phi) is 8.15. The number of benzene rings is 3. The Bertz CT molecular complexity index is 1340. The highest BCUT2D eigenvalue weighted by Crippen LogP contribution is 2.45. The van der Waals surface area contributed by atoms with Crippen LogP contribution < -0.4 is 4.74 Å². The summed E-state index contributed by atoms with van der Waals surface area (Å²) in [6, 6.07) is 20.0. The first kappa shape index (κ1) is 27.6. The third kappa shape index (κ3) is 6.01. The molecule has 0 fully saturated rings. The predicted octanol–water partition coefficient (Wildman–Crippen LogP) is 4.84. The fourth-order valence-corrected chi connectivity index (χ4v) is 4.60. The molecule has 0 bridgehead atoms. The standard InChI is InChI=1S/C29H30N2O8/c1-29(2)26(32)25(22-16-21(27(33)37-3)23(31(35)36)17-24(22)39-29)30(15-14-19-10-6-4-7-11-19)28(34)38-18-20-12-8-5-9-13-20/h4-13,16-17,25-26,32H,14-15,18H2,1-3H3/t25-,26+/m0/s1. The average molecular weight is 535 g/mol. The maximum absolute atomic E-state index is 13.6. The number of aliphatic hydroxyl groups excluding tert-OH is 1. The number of nitrogens with zero attached hydrogens (tertiary/aromatic N) is 2. The third-order valence-electron chi connectivity index (χ3n) is 6.69. The van der Waals surface area contributed by atoms with Crippen LogP contribution in [0.1, 0.15) is 46.9 Å². The first-order chi connectivity index (χ1) is 18.6. The van der Waals surface area contributed by atoms with E-state index in [-0.39, 0.29) is 30.0 Å². The van der Waals surface area contributed by atoms with Crippen molar-refractivity contribution in [3.63, 3.8) is 0 Å². The number of ether oxygens (including phenoxy) is 3. The lowest BCUT2D eigenvalue weighted by Crippen LogP contribution is -2.55. The number of hydrogen-bond donors (Lipinski definition) is 1. The van der Waals surface area contributed by atoms with Crippen molar-refractivity contribution in [2.45, 2.75) is 44.6 Å². The Balaban J connectivity index is 1.78. The molecule has 0 spiro atoms. The molecule has 4 rings (SSSR count). The van der Waals surface area contributed by atoms with Crippen LogP contribution >= 0.6 is 0 Å². The molecule has 0 unspecified atom stereocenters. The van der Waals surface area contributed by atoms with E-state index in [1.165, 1.54) is 11.0 Å². The van der Waals surface area contributed by atoms with Crippen molar-refractivity contribution in [1.29, 1.82) is 0 Å². The van der Waals surface area contributed by atoms with Gasteiger partial charge in [0.1, 0.15) is 29.6 Å². The molecule has 0 saturated heterocycles. The van der Waals surface area contributed by atoms with Crippen molar-refractivity contribution < 1.29 is 33.8 Å². The van der Waals surface area contributed by atoms with E-state index in [1.807, 2.05) is 60.7 Å². The summed E-state index contributed by atoms with van der Waals surface area (Å²) < 4.78 is 16.4. The van der Waals surface area contributed by atoms with Gasteiger partial charge in [0.2, 0.25) is 0 Å². The number of fused-ring (bicyclic) bond motifs is 1. The number of nitro groups is 1. The van der Waals surface area contributed by atoms with Crippen LogP contribution in [-0.4, -0.2) is 52.4 Å². The van der Waals surface area contributed by atoms with Gasteiger partial charge in [-0.15, -0.1) is 0 Å². The van der Waals surface area contributed by atoms with Crippen LogP contribution in [0, 0.1) is 10.1 Å². The predicted molar refractivity (Wildman–Crippen MR) is 141 cm³/mol. The van der Waals surface area contributed by atoms with Crippen LogP contribution in [0.2, 0.25) is 0 Å². The molecule has 1 heterocycles. The second-order valence-electron chi connectivity index (χ2n) is 9.72. The maximum atomic E-state index is 13.6. The minimum absolute atomic E-state index is 0.00471. The molecule has 39 heavy (non-hydrogen) atoms. The van der Waals surface area contributed by atoms with E-state index in [0.717, 1.165) is 24.3 Å². The summed E-state index contributed by atoms with van der Waals surface area (Å²) in [5, 5.41) is 23.3. The van der Waals surface area contributed by atoms with E-state index in [4.69, 9.17) is 14.2 Å². The lowest BCUT2D eigenvalue weighted by molar-refractivity contribution is -0.385. The van der Waals surface area contributed by atoms with Crippen molar-refractivity contribution in [2.75, 3.05) is 13.7 Å². The molecule has 0 radical (unpaired) electrons. The van der Waals surface area contributed by atoms with Crippen LogP contribution in [0.5, 0.6) is 5.75 Å². The zero-order valence-corrected chi connectivity index (χ0v) is 21.9. The van der Waals surface area contributed by atoms with E-state index in [1.54, 1.807) is 13.8 Å². The van der Waals surface area contributed by atoms with Gasteiger partial charge < -0.3 is 19.3 Å². The molecule has 1 aliphatic rings. The van der Waals surface area contributed by atoms with Gasteiger partial charge in [-0.2, -0.15) is 0 Å². The van der Waals surface area contributed by atoms with Crippen molar-refractivity contribution >= 4 is 17.7 Å². The molecule has 10 heteroatoms. The lowest BCUT2D eigenvalue weighted by Gasteiger charge is -2.45. The molecule has 204 valence electrons. The van der Waals surface area contributed by atoms with Gasteiger partial charge in [0.15, 0.2) is 0 Å². The number of rotatable bonds is 8. The minimum Gasteiger partial charge on any atom is -0.484 e. The molecule has 3 aromatic carbocycles. The smallest absolute Gasteiger partial charge is 0.410 e. The molecule has 10 nitrogen and oxygen atoms in total. The Morgan fingerprint density at radius 3 is 2.26 bits per heavy atom. The first-order valence-electron chi connectivity index (χ1n) is 12.4. The Morgan fingerprint density at radius 2 is 1.67 bits per heavy atom. The van der Waals surface area contributed by atoms with Gasteiger partial charge >= 0.3 is 12.1 Å². The molecule has 0 saturated carbocycles. The van der Waals surface area contributed by atoms with Gasteiger partial charge in [-0.3, -0.25) is 15.0 Å². The largest absolute Gasteiger partial charge is 0.484 e. The Hall–Kier alpha value is -4.44. The number of nitro benzene ring substituents is 1. The first-order valence-corrected chi connectivity index (χ1v) is 12.4. The van der Waals surface area contributed by atoms with Crippen LogP contribution in [0.3, 0.4) is 0 Å².